The molecule has 0 fully saturated rings. The lowest BCUT2D eigenvalue weighted by Gasteiger charge is -2.23. The maximum Gasteiger partial charge on any atom is 0.240 e. The van der Waals surface area contributed by atoms with E-state index in [4.69, 9.17) is 5.11 Å². The molecule has 1 aromatic carbocycles. The Morgan fingerprint density at radius 1 is 1.33 bits per heavy atom. The number of aryl methyl sites for hydroxylation is 1. The summed E-state index contributed by atoms with van der Waals surface area (Å²) in [6.07, 6.45) is 0.885. The number of hydrogen-bond donors (Lipinski definition) is 2. The van der Waals surface area contributed by atoms with Gasteiger partial charge in [-0.15, -0.1) is 0 Å². The second-order valence-electron chi connectivity index (χ2n) is 5.78. The van der Waals surface area contributed by atoms with Gasteiger partial charge in [0.1, 0.15) is 6.61 Å². The molecular weight excluding hydrogens is 286 g/mol. The van der Waals surface area contributed by atoms with E-state index in [0.29, 0.717) is 17.7 Å². The molecule has 0 aliphatic heterocycles. The van der Waals surface area contributed by atoms with Crippen molar-refractivity contribution in [2.45, 2.75) is 39.0 Å². The fraction of sp³-hybridized carbons (Fsp3) is 0.500. The van der Waals surface area contributed by atoms with Crippen LogP contribution in [0.2, 0.25) is 0 Å². The molecule has 0 amide bonds. The maximum absolute atomic E-state index is 12.4. The van der Waals surface area contributed by atoms with Crippen LogP contribution in [0, 0.1) is 24.2 Å². The third kappa shape index (κ3) is 5.16. The van der Waals surface area contributed by atoms with Gasteiger partial charge in [-0.1, -0.05) is 38.7 Å². The van der Waals surface area contributed by atoms with Gasteiger partial charge < -0.3 is 5.11 Å². The first-order valence-corrected chi connectivity index (χ1v) is 8.40. The van der Waals surface area contributed by atoms with Crippen LogP contribution in [0.4, 0.5) is 0 Å². The molecule has 0 aliphatic carbocycles. The molecule has 0 heterocycles. The molecule has 4 nitrogen and oxygen atoms in total. The number of nitrogens with one attached hydrogen (secondary N) is 1. The van der Waals surface area contributed by atoms with Gasteiger partial charge in [-0.25, -0.2) is 13.1 Å². The molecule has 2 N–H and O–H groups in total. The van der Waals surface area contributed by atoms with Crippen LogP contribution < -0.4 is 4.72 Å². The summed E-state index contributed by atoms with van der Waals surface area (Å²) >= 11 is 0. The minimum absolute atomic E-state index is 0.0880. The first-order chi connectivity index (χ1) is 9.72. The SMILES string of the molecule is CCC(C)(C)CNS(=O)(=O)c1cc(C#CCO)ccc1C. The molecule has 0 spiro atoms. The van der Waals surface area contributed by atoms with Gasteiger partial charge in [0, 0.05) is 12.1 Å². The summed E-state index contributed by atoms with van der Waals surface area (Å²) in [6.45, 7) is 7.96. The molecule has 1 aromatic rings. The zero-order valence-electron chi connectivity index (χ0n) is 13.0. The van der Waals surface area contributed by atoms with Gasteiger partial charge in [0.2, 0.25) is 10.0 Å². The summed E-state index contributed by atoms with van der Waals surface area (Å²) in [6, 6.07) is 5.01. The number of hydrogen-bond acceptors (Lipinski definition) is 3. The third-order valence-electron chi connectivity index (χ3n) is 3.49. The van der Waals surface area contributed by atoms with Gasteiger partial charge in [-0.3, -0.25) is 0 Å². The van der Waals surface area contributed by atoms with E-state index in [0.717, 1.165) is 6.42 Å². The van der Waals surface area contributed by atoms with Crippen LogP contribution in [-0.2, 0) is 10.0 Å². The van der Waals surface area contributed by atoms with Crippen LogP contribution in [0.1, 0.15) is 38.3 Å². The smallest absolute Gasteiger partial charge is 0.240 e. The Morgan fingerprint density at radius 3 is 2.57 bits per heavy atom. The number of sulfonamides is 1. The second kappa shape index (κ2) is 7.08. The maximum atomic E-state index is 12.4. The topological polar surface area (TPSA) is 66.4 Å². The molecule has 0 aromatic heterocycles. The summed E-state index contributed by atoms with van der Waals surface area (Å²) in [5.41, 5.74) is 1.16. The average molecular weight is 309 g/mol. The van der Waals surface area contributed by atoms with Crippen molar-refractivity contribution in [2.24, 2.45) is 5.41 Å². The highest BCUT2D eigenvalue weighted by atomic mass is 32.2. The summed E-state index contributed by atoms with van der Waals surface area (Å²) < 4.78 is 27.5. The summed E-state index contributed by atoms with van der Waals surface area (Å²) in [5, 5.41) is 8.71. The lowest BCUT2D eigenvalue weighted by molar-refractivity contribution is 0.350. The van der Waals surface area contributed by atoms with E-state index >= 15 is 0 Å². The predicted octanol–water partition coefficient (Wildman–Crippen LogP) is 2.05. The van der Waals surface area contributed by atoms with E-state index in [-0.39, 0.29) is 16.9 Å². The highest BCUT2D eigenvalue weighted by molar-refractivity contribution is 7.89. The number of benzene rings is 1. The first kappa shape index (κ1) is 17.7. The largest absolute Gasteiger partial charge is 0.384 e. The van der Waals surface area contributed by atoms with Crippen LogP contribution in [0.5, 0.6) is 0 Å². The Kier molecular flexibility index (Phi) is 5.97. The van der Waals surface area contributed by atoms with E-state index in [9.17, 15) is 8.42 Å². The van der Waals surface area contributed by atoms with Crippen molar-refractivity contribution in [3.05, 3.63) is 29.3 Å². The van der Waals surface area contributed by atoms with E-state index in [2.05, 4.69) is 16.6 Å². The number of aliphatic hydroxyl groups excluding tert-OH is 1. The molecular formula is C16H23NO3S. The Labute approximate surface area is 127 Å². The van der Waals surface area contributed by atoms with Crippen molar-refractivity contribution < 1.29 is 13.5 Å². The molecule has 0 atom stereocenters. The summed E-state index contributed by atoms with van der Waals surface area (Å²) in [5.74, 6) is 5.24. The molecule has 21 heavy (non-hydrogen) atoms. The van der Waals surface area contributed by atoms with Gasteiger partial charge in [0.15, 0.2) is 0 Å². The standard InChI is InChI=1S/C16H23NO3S/c1-5-16(3,4)12-17-21(19,20)15-11-14(7-6-10-18)9-8-13(15)2/h8-9,11,17-18H,5,10,12H2,1-4H3. The minimum atomic E-state index is -3.56. The van der Waals surface area contributed by atoms with Crippen molar-refractivity contribution in [1.29, 1.82) is 0 Å². The predicted molar refractivity (Wildman–Crippen MR) is 84.4 cm³/mol. The Balaban J connectivity index is 3.07. The van der Waals surface area contributed by atoms with E-state index in [1.165, 1.54) is 0 Å². The number of rotatable bonds is 5. The monoisotopic (exact) mass is 309 g/mol. The van der Waals surface area contributed by atoms with Crippen molar-refractivity contribution >= 4 is 10.0 Å². The average Bonchev–Trinajstić information content (AvgIpc) is 2.44. The van der Waals surface area contributed by atoms with Crippen molar-refractivity contribution in [3.8, 4) is 11.8 Å². The van der Waals surface area contributed by atoms with E-state index in [1.54, 1.807) is 25.1 Å². The molecule has 5 heteroatoms. The molecule has 116 valence electrons. The third-order valence-corrected chi connectivity index (χ3v) is 5.03. The summed E-state index contributed by atoms with van der Waals surface area (Å²) in [7, 11) is -3.56. The Hall–Kier alpha value is -1.35. The molecule has 0 radical (unpaired) electrons. The highest BCUT2D eigenvalue weighted by Crippen LogP contribution is 2.21. The fourth-order valence-corrected chi connectivity index (χ4v) is 3.11. The van der Waals surface area contributed by atoms with Gasteiger partial charge in [0.25, 0.3) is 0 Å². The van der Waals surface area contributed by atoms with Gasteiger partial charge >= 0.3 is 0 Å². The molecule has 0 unspecified atom stereocenters. The number of aliphatic hydroxyl groups is 1. The van der Waals surface area contributed by atoms with E-state index in [1.807, 2.05) is 20.8 Å². The fourth-order valence-electron chi connectivity index (χ4n) is 1.60. The molecule has 0 bridgehead atoms. The second-order valence-corrected chi connectivity index (χ2v) is 7.52. The van der Waals surface area contributed by atoms with Crippen LogP contribution in [-0.4, -0.2) is 26.7 Å². The van der Waals surface area contributed by atoms with Crippen molar-refractivity contribution in [3.63, 3.8) is 0 Å². The normalized spacial score (nSPS) is 11.9. The lowest BCUT2D eigenvalue weighted by Crippen LogP contribution is -2.34. The lowest BCUT2D eigenvalue weighted by atomic mass is 9.91. The highest BCUT2D eigenvalue weighted by Gasteiger charge is 2.22. The van der Waals surface area contributed by atoms with Gasteiger partial charge in [-0.2, -0.15) is 0 Å². The molecule has 0 saturated carbocycles. The molecule has 1 rings (SSSR count). The van der Waals surface area contributed by atoms with E-state index < -0.39 is 10.0 Å². The quantitative estimate of drug-likeness (QED) is 0.818. The summed E-state index contributed by atoms with van der Waals surface area (Å²) in [4.78, 5) is 0.235. The van der Waals surface area contributed by atoms with Crippen molar-refractivity contribution in [1.82, 2.24) is 4.72 Å². The van der Waals surface area contributed by atoms with Crippen molar-refractivity contribution in [2.75, 3.05) is 13.2 Å². The molecule has 0 aliphatic rings. The van der Waals surface area contributed by atoms with Crippen LogP contribution in [0.3, 0.4) is 0 Å². The van der Waals surface area contributed by atoms with Gasteiger partial charge in [0.05, 0.1) is 4.90 Å². The first-order valence-electron chi connectivity index (χ1n) is 6.92. The van der Waals surface area contributed by atoms with Crippen LogP contribution >= 0.6 is 0 Å². The Bertz CT molecular complexity index is 652. The minimum Gasteiger partial charge on any atom is -0.384 e. The zero-order chi connectivity index (χ0) is 16.1. The zero-order valence-corrected chi connectivity index (χ0v) is 13.8. The van der Waals surface area contributed by atoms with Gasteiger partial charge in [-0.05, 0) is 36.5 Å². The molecule has 0 saturated heterocycles. The Morgan fingerprint density at radius 2 is 2.00 bits per heavy atom. The van der Waals surface area contributed by atoms with Crippen LogP contribution in [0.25, 0.3) is 0 Å². The van der Waals surface area contributed by atoms with Crippen LogP contribution in [0.15, 0.2) is 23.1 Å².